The number of hydrogen-bond acceptors (Lipinski definition) is 4. The van der Waals surface area contributed by atoms with Crippen molar-refractivity contribution >= 4 is 11.3 Å². The van der Waals surface area contributed by atoms with Crippen LogP contribution in [0.25, 0.3) is 0 Å². The summed E-state index contributed by atoms with van der Waals surface area (Å²) in [4.78, 5) is 1.11. The number of aliphatic hydroxyl groups is 1. The van der Waals surface area contributed by atoms with Crippen molar-refractivity contribution in [3.63, 3.8) is 0 Å². The van der Waals surface area contributed by atoms with E-state index in [1.54, 1.807) is 11.3 Å². The molecule has 1 aromatic rings. The van der Waals surface area contributed by atoms with Crippen molar-refractivity contribution < 1.29 is 14.6 Å². The molecule has 0 atom stereocenters. The van der Waals surface area contributed by atoms with Gasteiger partial charge in [-0.2, -0.15) is 0 Å². The second-order valence-electron chi connectivity index (χ2n) is 3.19. The maximum atomic E-state index is 8.60. The van der Waals surface area contributed by atoms with Crippen LogP contribution >= 0.6 is 11.3 Å². The first-order valence-corrected chi connectivity index (χ1v) is 5.63. The standard InChI is InChI=1S/C11H12O3S/c12-4-1-2-9-3-5-15-11(9)8-14-10-6-13-7-10/h3,5,10,12H,4,6-8H2. The molecule has 0 aromatic carbocycles. The summed E-state index contributed by atoms with van der Waals surface area (Å²) in [7, 11) is 0. The lowest BCUT2D eigenvalue weighted by Gasteiger charge is -2.25. The van der Waals surface area contributed by atoms with E-state index in [4.69, 9.17) is 14.6 Å². The molecule has 1 aromatic heterocycles. The van der Waals surface area contributed by atoms with Crippen molar-refractivity contribution in [2.75, 3.05) is 19.8 Å². The van der Waals surface area contributed by atoms with Crippen LogP contribution < -0.4 is 0 Å². The Morgan fingerprint density at radius 1 is 1.60 bits per heavy atom. The summed E-state index contributed by atoms with van der Waals surface area (Å²) in [6, 6.07) is 1.95. The average Bonchev–Trinajstić information content (AvgIpc) is 2.60. The largest absolute Gasteiger partial charge is 0.384 e. The third-order valence-corrected chi connectivity index (χ3v) is 3.00. The minimum Gasteiger partial charge on any atom is -0.384 e. The predicted octanol–water partition coefficient (Wildman–Crippen LogP) is 1.01. The van der Waals surface area contributed by atoms with Crippen LogP contribution in [0.4, 0.5) is 0 Å². The number of ether oxygens (including phenoxy) is 2. The summed E-state index contributed by atoms with van der Waals surface area (Å²) in [5.74, 6) is 5.54. The molecule has 1 saturated heterocycles. The van der Waals surface area contributed by atoms with Crippen LogP contribution in [0.5, 0.6) is 0 Å². The van der Waals surface area contributed by atoms with E-state index in [0.717, 1.165) is 10.4 Å². The molecule has 0 bridgehead atoms. The number of hydrogen-bond donors (Lipinski definition) is 1. The molecular formula is C11H12O3S. The fraction of sp³-hybridized carbons (Fsp3) is 0.455. The van der Waals surface area contributed by atoms with Gasteiger partial charge in [-0.3, -0.25) is 0 Å². The number of rotatable bonds is 3. The molecule has 1 aliphatic heterocycles. The normalized spacial score (nSPS) is 15.5. The lowest BCUT2D eigenvalue weighted by atomic mass is 10.2. The Balaban J connectivity index is 1.91. The predicted molar refractivity (Wildman–Crippen MR) is 57.7 cm³/mol. The van der Waals surface area contributed by atoms with Crippen molar-refractivity contribution in [2.45, 2.75) is 12.7 Å². The number of aliphatic hydroxyl groups excluding tert-OH is 1. The Bertz CT molecular complexity index is 371. The minimum absolute atomic E-state index is 0.105. The van der Waals surface area contributed by atoms with E-state index in [1.807, 2.05) is 11.4 Å². The Morgan fingerprint density at radius 3 is 3.13 bits per heavy atom. The smallest absolute Gasteiger partial charge is 0.105 e. The molecule has 0 saturated carbocycles. The molecule has 15 heavy (non-hydrogen) atoms. The molecule has 0 unspecified atom stereocenters. The Kier molecular flexibility index (Phi) is 3.75. The highest BCUT2D eigenvalue weighted by atomic mass is 32.1. The fourth-order valence-electron chi connectivity index (χ4n) is 1.20. The zero-order valence-corrected chi connectivity index (χ0v) is 9.05. The van der Waals surface area contributed by atoms with Crippen LogP contribution in [0.2, 0.25) is 0 Å². The molecular weight excluding hydrogens is 212 g/mol. The SMILES string of the molecule is OCC#Cc1ccsc1COC1COC1. The van der Waals surface area contributed by atoms with Crippen molar-refractivity contribution in [2.24, 2.45) is 0 Å². The molecule has 4 heteroatoms. The first-order chi connectivity index (χ1) is 7.40. The van der Waals surface area contributed by atoms with E-state index in [0.29, 0.717) is 19.8 Å². The fourth-order valence-corrected chi connectivity index (χ4v) is 1.95. The van der Waals surface area contributed by atoms with Gasteiger partial charge < -0.3 is 14.6 Å². The van der Waals surface area contributed by atoms with E-state index in [2.05, 4.69) is 11.8 Å². The summed E-state index contributed by atoms with van der Waals surface area (Å²) in [6.07, 6.45) is 0.241. The maximum absolute atomic E-state index is 8.60. The summed E-state index contributed by atoms with van der Waals surface area (Å²) >= 11 is 1.63. The van der Waals surface area contributed by atoms with Crippen LogP contribution in [0.15, 0.2) is 11.4 Å². The number of thiophene rings is 1. The van der Waals surface area contributed by atoms with Crippen LogP contribution in [0.3, 0.4) is 0 Å². The summed E-state index contributed by atoms with van der Waals surface area (Å²) in [6.45, 7) is 1.87. The van der Waals surface area contributed by atoms with Gasteiger partial charge in [-0.25, -0.2) is 0 Å². The van der Waals surface area contributed by atoms with Crippen LogP contribution in [0.1, 0.15) is 10.4 Å². The molecule has 0 spiro atoms. The van der Waals surface area contributed by atoms with E-state index >= 15 is 0 Å². The van der Waals surface area contributed by atoms with Crippen LogP contribution in [-0.4, -0.2) is 31.0 Å². The molecule has 3 nitrogen and oxygen atoms in total. The van der Waals surface area contributed by atoms with Gasteiger partial charge in [0.05, 0.1) is 19.8 Å². The van der Waals surface area contributed by atoms with E-state index in [9.17, 15) is 0 Å². The molecule has 0 radical (unpaired) electrons. The molecule has 1 N–H and O–H groups in total. The molecule has 2 heterocycles. The van der Waals surface area contributed by atoms with E-state index < -0.39 is 0 Å². The third kappa shape index (κ3) is 2.80. The first-order valence-electron chi connectivity index (χ1n) is 4.75. The molecule has 0 aliphatic carbocycles. The van der Waals surface area contributed by atoms with Crippen LogP contribution in [-0.2, 0) is 16.1 Å². The zero-order chi connectivity index (χ0) is 10.5. The zero-order valence-electron chi connectivity index (χ0n) is 8.23. The van der Waals surface area contributed by atoms with Gasteiger partial charge in [-0.05, 0) is 11.4 Å². The Morgan fingerprint density at radius 2 is 2.47 bits per heavy atom. The van der Waals surface area contributed by atoms with Gasteiger partial charge >= 0.3 is 0 Å². The molecule has 1 fully saturated rings. The van der Waals surface area contributed by atoms with Gasteiger partial charge in [0.25, 0.3) is 0 Å². The van der Waals surface area contributed by atoms with Gasteiger partial charge in [-0.15, -0.1) is 11.3 Å². The Hall–Kier alpha value is -0.860. The lowest BCUT2D eigenvalue weighted by molar-refractivity contribution is -0.134. The maximum Gasteiger partial charge on any atom is 0.105 e. The van der Waals surface area contributed by atoms with Crippen molar-refractivity contribution in [3.05, 3.63) is 21.9 Å². The highest BCUT2D eigenvalue weighted by molar-refractivity contribution is 7.10. The van der Waals surface area contributed by atoms with Gasteiger partial charge in [0, 0.05) is 10.4 Å². The topological polar surface area (TPSA) is 38.7 Å². The second kappa shape index (κ2) is 5.29. The summed E-state index contributed by atoms with van der Waals surface area (Å²) in [5.41, 5.74) is 0.953. The van der Waals surface area contributed by atoms with Crippen molar-refractivity contribution in [1.29, 1.82) is 0 Å². The molecule has 1 aliphatic rings. The highest BCUT2D eigenvalue weighted by Gasteiger charge is 2.19. The molecule has 80 valence electrons. The van der Waals surface area contributed by atoms with Crippen LogP contribution in [0, 0.1) is 11.8 Å². The summed E-state index contributed by atoms with van der Waals surface area (Å²) in [5, 5.41) is 10.6. The third-order valence-electron chi connectivity index (χ3n) is 2.11. The van der Waals surface area contributed by atoms with Gasteiger partial charge in [0.1, 0.15) is 12.7 Å². The van der Waals surface area contributed by atoms with Crippen molar-refractivity contribution in [3.8, 4) is 11.8 Å². The van der Waals surface area contributed by atoms with Gasteiger partial charge in [0.2, 0.25) is 0 Å². The average molecular weight is 224 g/mol. The summed E-state index contributed by atoms with van der Waals surface area (Å²) < 4.78 is 10.6. The monoisotopic (exact) mass is 224 g/mol. The lowest BCUT2D eigenvalue weighted by Crippen LogP contribution is -2.35. The minimum atomic E-state index is -0.105. The first kappa shape index (κ1) is 10.7. The van der Waals surface area contributed by atoms with Gasteiger partial charge in [0.15, 0.2) is 0 Å². The second-order valence-corrected chi connectivity index (χ2v) is 4.19. The molecule has 2 rings (SSSR count). The van der Waals surface area contributed by atoms with Gasteiger partial charge in [-0.1, -0.05) is 11.8 Å². The molecule has 0 amide bonds. The van der Waals surface area contributed by atoms with E-state index in [1.165, 1.54) is 0 Å². The highest BCUT2D eigenvalue weighted by Crippen LogP contribution is 2.18. The Labute approximate surface area is 92.6 Å². The quantitative estimate of drug-likeness (QED) is 0.779. The van der Waals surface area contributed by atoms with E-state index in [-0.39, 0.29) is 12.7 Å². The van der Waals surface area contributed by atoms with Crippen molar-refractivity contribution in [1.82, 2.24) is 0 Å².